The van der Waals surface area contributed by atoms with E-state index in [4.69, 9.17) is 0 Å². The molecule has 0 aliphatic carbocycles. The highest BCUT2D eigenvalue weighted by Crippen LogP contribution is 2.29. The van der Waals surface area contributed by atoms with Crippen molar-refractivity contribution < 1.29 is 14.7 Å². The van der Waals surface area contributed by atoms with Gasteiger partial charge in [-0.3, -0.25) is 9.69 Å². The van der Waals surface area contributed by atoms with E-state index in [0.29, 0.717) is 5.69 Å². The average Bonchev–Trinajstić information content (AvgIpc) is 2.38. The number of hydrogen-bond donors (Lipinski definition) is 2. The number of carbonyl (C=O) groups excluding carboxylic acids is 1. The molecule has 1 aromatic carbocycles. The van der Waals surface area contributed by atoms with Crippen LogP contribution in [0.2, 0.25) is 0 Å². The number of aliphatic carboxylic acids is 1. The number of nitrogens with one attached hydrogen (secondary N) is 1. The van der Waals surface area contributed by atoms with Gasteiger partial charge in [0.15, 0.2) is 0 Å². The minimum absolute atomic E-state index is 0.177. The molecule has 1 aliphatic rings. The van der Waals surface area contributed by atoms with Crippen LogP contribution in [0.3, 0.4) is 0 Å². The zero-order chi connectivity index (χ0) is 14.0. The van der Waals surface area contributed by atoms with Gasteiger partial charge in [-0.1, -0.05) is 32.0 Å². The number of benzene rings is 1. The molecule has 1 aromatic rings. The van der Waals surface area contributed by atoms with Gasteiger partial charge in [-0.2, -0.15) is 0 Å². The molecule has 1 amide bonds. The summed E-state index contributed by atoms with van der Waals surface area (Å²) >= 11 is 0. The van der Waals surface area contributed by atoms with Crippen LogP contribution >= 0.6 is 0 Å². The zero-order valence-corrected chi connectivity index (χ0v) is 11.1. The van der Waals surface area contributed by atoms with Gasteiger partial charge < -0.3 is 10.4 Å². The fraction of sp³-hybridized carbons (Fsp3) is 0.429. The molecule has 0 saturated carbocycles. The number of carboxylic acids is 1. The summed E-state index contributed by atoms with van der Waals surface area (Å²) in [7, 11) is 0. The van der Waals surface area contributed by atoms with E-state index in [9.17, 15) is 14.7 Å². The molecule has 1 unspecified atom stereocenters. The first-order chi connectivity index (χ1) is 9.02. The van der Waals surface area contributed by atoms with Gasteiger partial charge in [0, 0.05) is 12.2 Å². The summed E-state index contributed by atoms with van der Waals surface area (Å²) in [6.07, 6.45) is 0. The van der Waals surface area contributed by atoms with Crippen molar-refractivity contribution in [2.75, 3.05) is 18.0 Å². The molecule has 1 heterocycles. The third-order valence-electron chi connectivity index (χ3n) is 3.30. The SMILES string of the molecule is CC(C)c1ccccc1N1C(=O)CNCC1C(=O)O. The lowest BCUT2D eigenvalue weighted by molar-refractivity contribution is -0.140. The zero-order valence-electron chi connectivity index (χ0n) is 11.1. The first-order valence-electron chi connectivity index (χ1n) is 6.37. The van der Waals surface area contributed by atoms with Gasteiger partial charge in [0.25, 0.3) is 0 Å². The summed E-state index contributed by atoms with van der Waals surface area (Å²) in [4.78, 5) is 24.8. The van der Waals surface area contributed by atoms with Crippen molar-refractivity contribution in [2.24, 2.45) is 0 Å². The Morgan fingerprint density at radius 1 is 1.42 bits per heavy atom. The van der Waals surface area contributed by atoms with Crippen LogP contribution in [-0.4, -0.2) is 36.1 Å². The Hall–Kier alpha value is -1.88. The largest absolute Gasteiger partial charge is 0.480 e. The Labute approximate surface area is 112 Å². The summed E-state index contributed by atoms with van der Waals surface area (Å²) in [5.74, 6) is -0.959. The lowest BCUT2D eigenvalue weighted by Gasteiger charge is -2.35. The van der Waals surface area contributed by atoms with E-state index in [0.717, 1.165) is 5.56 Å². The van der Waals surface area contributed by atoms with Crippen molar-refractivity contribution in [3.05, 3.63) is 29.8 Å². The van der Waals surface area contributed by atoms with Crippen LogP contribution in [0.15, 0.2) is 24.3 Å². The number of para-hydroxylation sites is 1. The monoisotopic (exact) mass is 262 g/mol. The number of rotatable bonds is 3. The second-order valence-corrected chi connectivity index (χ2v) is 4.96. The molecule has 0 aromatic heterocycles. The Bertz CT molecular complexity index is 499. The number of nitrogens with zero attached hydrogens (tertiary/aromatic N) is 1. The van der Waals surface area contributed by atoms with E-state index in [2.05, 4.69) is 5.32 Å². The Kier molecular flexibility index (Phi) is 3.85. The fourth-order valence-electron chi connectivity index (χ4n) is 2.36. The van der Waals surface area contributed by atoms with Crippen molar-refractivity contribution in [1.82, 2.24) is 5.32 Å². The first-order valence-corrected chi connectivity index (χ1v) is 6.37. The highest BCUT2D eigenvalue weighted by atomic mass is 16.4. The summed E-state index contributed by atoms with van der Waals surface area (Å²) in [6.45, 7) is 4.51. The van der Waals surface area contributed by atoms with Crippen molar-refractivity contribution in [3.8, 4) is 0 Å². The molecule has 5 nitrogen and oxygen atoms in total. The number of hydrogen-bond acceptors (Lipinski definition) is 3. The normalized spacial score (nSPS) is 19.8. The molecule has 0 spiro atoms. The standard InChI is InChI=1S/C14H18N2O3/c1-9(2)10-5-3-4-6-11(10)16-12(14(18)19)7-15-8-13(16)17/h3-6,9,12,15H,7-8H2,1-2H3,(H,18,19). The third kappa shape index (κ3) is 2.61. The van der Waals surface area contributed by atoms with Crippen LogP contribution in [0.5, 0.6) is 0 Å². The number of anilines is 1. The van der Waals surface area contributed by atoms with Gasteiger partial charge in [-0.25, -0.2) is 4.79 Å². The molecule has 2 rings (SSSR count). The number of carboxylic acid groups (broad SMARTS) is 1. The maximum absolute atomic E-state index is 12.1. The maximum atomic E-state index is 12.1. The first kappa shape index (κ1) is 13.5. The van der Waals surface area contributed by atoms with Gasteiger partial charge in [0.1, 0.15) is 6.04 Å². The topological polar surface area (TPSA) is 69.6 Å². The number of amides is 1. The van der Waals surface area contributed by atoms with Gasteiger partial charge in [-0.15, -0.1) is 0 Å². The van der Waals surface area contributed by atoms with E-state index in [1.165, 1.54) is 4.90 Å². The molecule has 1 saturated heterocycles. The molecule has 5 heteroatoms. The quantitative estimate of drug-likeness (QED) is 0.858. The molecule has 1 atom stereocenters. The van der Waals surface area contributed by atoms with E-state index in [-0.39, 0.29) is 24.9 Å². The molecule has 0 radical (unpaired) electrons. The van der Waals surface area contributed by atoms with E-state index >= 15 is 0 Å². The van der Waals surface area contributed by atoms with Crippen LogP contribution in [0.4, 0.5) is 5.69 Å². The van der Waals surface area contributed by atoms with Crippen LogP contribution < -0.4 is 10.2 Å². The second kappa shape index (κ2) is 5.40. The highest BCUT2D eigenvalue weighted by Gasteiger charge is 2.35. The van der Waals surface area contributed by atoms with Crippen LogP contribution in [0.1, 0.15) is 25.3 Å². The van der Waals surface area contributed by atoms with E-state index in [1.807, 2.05) is 38.1 Å². The molecule has 2 N–H and O–H groups in total. The van der Waals surface area contributed by atoms with Gasteiger partial charge in [-0.05, 0) is 17.5 Å². The lowest BCUT2D eigenvalue weighted by atomic mass is 9.99. The molecule has 19 heavy (non-hydrogen) atoms. The maximum Gasteiger partial charge on any atom is 0.328 e. The molecular weight excluding hydrogens is 244 g/mol. The minimum atomic E-state index is -0.987. The molecule has 102 valence electrons. The third-order valence-corrected chi connectivity index (χ3v) is 3.30. The summed E-state index contributed by atoms with van der Waals surface area (Å²) < 4.78 is 0. The molecule has 1 aliphatic heterocycles. The van der Waals surface area contributed by atoms with E-state index in [1.54, 1.807) is 0 Å². The summed E-state index contributed by atoms with van der Waals surface area (Å²) in [6, 6.07) is 6.64. The summed E-state index contributed by atoms with van der Waals surface area (Å²) in [5.41, 5.74) is 1.69. The average molecular weight is 262 g/mol. The lowest BCUT2D eigenvalue weighted by Crippen LogP contribution is -2.58. The van der Waals surface area contributed by atoms with Gasteiger partial charge in [0.2, 0.25) is 5.91 Å². The smallest absolute Gasteiger partial charge is 0.328 e. The van der Waals surface area contributed by atoms with Gasteiger partial charge in [0.05, 0.1) is 6.54 Å². The van der Waals surface area contributed by atoms with Gasteiger partial charge >= 0.3 is 5.97 Å². The van der Waals surface area contributed by atoms with Crippen LogP contribution in [0.25, 0.3) is 0 Å². The van der Waals surface area contributed by atoms with Crippen molar-refractivity contribution in [2.45, 2.75) is 25.8 Å². The number of piperazine rings is 1. The summed E-state index contributed by atoms with van der Waals surface area (Å²) in [5, 5.41) is 12.1. The number of carbonyl (C=O) groups is 2. The molecule has 0 bridgehead atoms. The van der Waals surface area contributed by atoms with E-state index < -0.39 is 12.0 Å². The Morgan fingerprint density at radius 2 is 2.11 bits per heavy atom. The van der Waals surface area contributed by atoms with Crippen LogP contribution in [0, 0.1) is 0 Å². The molecular formula is C14H18N2O3. The van der Waals surface area contributed by atoms with Crippen LogP contribution in [-0.2, 0) is 9.59 Å². The van der Waals surface area contributed by atoms with Crippen molar-refractivity contribution >= 4 is 17.6 Å². The Balaban J connectivity index is 2.47. The highest BCUT2D eigenvalue weighted by molar-refractivity contribution is 6.02. The van der Waals surface area contributed by atoms with Crippen molar-refractivity contribution in [1.29, 1.82) is 0 Å². The minimum Gasteiger partial charge on any atom is -0.480 e. The predicted octanol–water partition coefficient (Wildman–Crippen LogP) is 1.20. The Morgan fingerprint density at radius 3 is 2.74 bits per heavy atom. The molecule has 1 fully saturated rings. The van der Waals surface area contributed by atoms with Crippen molar-refractivity contribution in [3.63, 3.8) is 0 Å². The fourth-order valence-corrected chi connectivity index (χ4v) is 2.36. The second-order valence-electron chi connectivity index (χ2n) is 4.96. The predicted molar refractivity (Wildman–Crippen MR) is 72.3 cm³/mol.